The largest absolute Gasteiger partial charge is 0.381 e. The van der Waals surface area contributed by atoms with Gasteiger partial charge in [-0.05, 0) is 31.6 Å². The van der Waals surface area contributed by atoms with E-state index in [1.165, 1.54) is 19.3 Å². The summed E-state index contributed by atoms with van der Waals surface area (Å²) in [5.74, 6) is 0.913. The molecule has 1 amide bonds. The van der Waals surface area contributed by atoms with E-state index >= 15 is 0 Å². The van der Waals surface area contributed by atoms with Gasteiger partial charge in [0.05, 0.1) is 18.2 Å². The van der Waals surface area contributed by atoms with Crippen LogP contribution in [0, 0.1) is 11.8 Å². The van der Waals surface area contributed by atoms with Gasteiger partial charge in [-0.1, -0.05) is 26.2 Å². The van der Waals surface area contributed by atoms with Gasteiger partial charge in [-0.25, -0.2) is 0 Å². The van der Waals surface area contributed by atoms with Crippen molar-refractivity contribution in [3.8, 4) is 0 Å². The Morgan fingerprint density at radius 2 is 1.65 bits per heavy atom. The average Bonchev–Trinajstić information content (AvgIpc) is 2.49. The molecule has 4 nitrogen and oxygen atoms in total. The molecular weight excluding hydrogens is 254 g/mol. The lowest BCUT2D eigenvalue weighted by molar-refractivity contribution is -0.129. The molecule has 0 aromatic carbocycles. The number of hydrogen-bond acceptors (Lipinski definition) is 3. The van der Waals surface area contributed by atoms with Gasteiger partial charge in [-0.15, -0.1) is 0 Å². The zero-order valence-electron chi connectivity index (χ0n) is 13.1. The Balaban J connectivity index is 1.92. The van der Waals surface area contributed by atoms with Crippen LogP contribution in [0.1, 0.15) is 51.9 Å². The van der Waals surface area contributed by atoms with Gasteiger partial charge in [0, 0.05) is 20.1 Å². The summed E-state index contributed by atoms with van der Waals surface area (Å²) in [4.78, 5) is 12.4. The van der Waals surface area contributed by atoms with Crippen LogP contribution in [-0.4, -0.2) is 38.4 Å². The predicted octanol–water partition coefficient (Wildman–Crippen LogP) is 2.51. The molecule has 0 aliphatic heterocycles. The number of rotatable bonds is 4. The first kappa shape index (κ1) is 15.8. The smallest absolute Gasteiger partial charge is 0.223 e. The van der Waals surface area contributed by atoms with Crippen molar-refractivity contribution in [2.45, 2.75) is 70.1 Å². The third-order valence-electron chi connectivity index (χ3n) is 5.08. The van der Waals surface area contributed by atoms with E-state index in [0.29, 0.717) is 5.92 Å². The van der Waals surface area contributed by atoms with Crippen molar-refractivity contribution in [2.75, 3.05) is 14.2 Å². The summed E-state index contributed by atoms with van der Waals surface area (Å²) in [5, 5.41) is 3.23. The van der Waals surface area contributed by atoms with Crippen LogP contribution in [0.2, 0.25) is 0 Å². The lowest BCUT2D eigenvalue weighted by Gasteiger charge is -2.39. The van der Waals surface area contributed by atoms with E-state index in [-0.39, 0.29) is 30.1 Å². The van der Waals surface area contributed by atoms with E-state index in [2.05, 4.69) is 12.2 Å². The molecule has 4 atom stereocenters. The number of nitrogens with one attached hydrogen (secondary N) is 1. The standard InChI is InChI=1S/C16H29NO3/c1-11-9-15(20-3)13(10-14(11)19-2)17-16(18)12-7-5-4-6-8-12/h11-15H,4-10H2,1-3H3,(H,17,18). The monoisotopic (exact) mass is 283 g/mol. The molecule has 0 bridgehead atoms. The van der Waals surface area contributed by atoms with Gasteiger partial charge in [0.15, 0.2) is 0 Å². The Morgan fingerprint density at radius 1 is 1.00 bits per heavy atom. The summed E-state index contributed by atoms with van der Waals surface area (Å²) < 4.78 is 11.1. The fraction of sp³-hybridized carbons (Fsp3) is 0.938. The van der Waals surface area contributed by atoms with Gasteiger partial charge in [0.1, 0.15) is 0 Å². The maximum absolute atomic E-state index is 12.4. The van der Waals surface area contributed by atoms with E-state index in [4.69, 9.17) is 9.47 Å². The highest BCUT2D eigenvalue weighted by Gasteiger charge is 2.37. The van der Waals surface area contributed by atoms with Crippen molar-refractivity contribution < 1.29 is 14.3 Å². The van der Waals surface area contributed by atoms with Crippen molar-refractivity contribution in [1.82, 2.24) is 5.32 Å². The molecule has 2 aliphatic carbocycles. The Morgan fingerprint density at radius 3 is 2.25 bits per heavy atom. The molecule has 1 N–H and O–H groups in total. The van der Waals surface area contributed by atoms with Crippen LogP contribution in [-0.2, 0) is 14.3 Å². The Hall–Kier alpha value is -0.610. The Labute approximate surface area is 122 Å². The van der Waals surface area contributed by atoms with Crippen LogP contribution < -0.4 is 5.32 Å². The number of hydrogen-bond donors (Lipinski definition) is 1. The first-order valence-electron chi connectivity index (χ1n) is 8.01. The predicted molar refractivity (Wildman–Crippen MR) is 78.5 cm³/mol. The first-order chi connectivity index (χ1) is 9.65. The summed E-state index contributed by atoms with van der Waals surface area (Å²) in [6.45, 7) is 2.19. The second-order valence-electron chi connectivity index (χ2n) is 6.45. The average molecular weight is 283 g/mol. The molecule has 4 heteroatoms. The zero-order chi connectivity index (χ0) is 14.5. The SMILES string of the molecule is COC1CC(NC(=O)C2CCCCC2)C(OC)CC1C. The summed E-state index contributed by atoms with van der Waals surface area (Å²) in [7, 11) is 3.50. The minimum Gasteiger partial charge on any atom is -0.381 e. The molecule has 0 heterocycles. The summed E-state index contributed by atoms with van der Waals surface area (Å²) >= 11 is 0. The molecule has 0 aromatic rings. The molecule has 116 valence electrons. The van der Waals surface area contributed by atoms with E-state index < -0.39 is 0 Å². The lowest BCUT2D eigenvalue weighted by atomic mass is 9.81. The van der Waals surface area contributed by atoms with Gasteiger partial charge in [0.25, 0.3) is 0 Å². The number of ether oxygens (including phenoxy) is 2. The van der Waals surface area contributed by atoms with Gasteiger partial charge < -0.3 is 14.8 Å². The maximum atomic E-state index is 12.4. The number of methoxy groups -OCH3 is 2. The molecular formula is C16H29NO3. The van der Waals surface area contributed by atoms with Gasteiger partial charge >= 0.3 is 0 Å². The summed E-state index contributed by atoms with van der Waals surface area (Å²) in [6, 6.07) is 0.0931. The number of carbonyl (C=O) groups is 1. The summed E-state index contributed by atoms with van der Waals surface area (Å²) in [5.41, 5.74) is 0. The number of carbonyl (C=O) groups excluding carboxylic acids is 1. The number of amides is 1. The van der Waals surface area contributed by atoms with Crippen LogP contribution in [0.3, 0.4) is 0 Å². The Bertz CT molecular complexity index is 315. The van der Waals surface area contributed by atoms with Crippen LogP contribution in [0.15, 0.2) is 0 Å². The summed E-state index contributed by atoms with van der Waals surface area (Å²) in [6.07, 6.45) is 7.88. The molecule has 0 aromatic heterocycles. The molecule has 2 fully saturated rings. The molecule has 2 rings (SSSR count). The molecule has 2 aliphatic rings. The van der Waals surface area contributed by atoms with Gasteiger partial charge in [0.2, 0.25) is 5.91 Å². The third kappa shape index (κ3) is 3.73. The van der Waals surface area contributed by atoms with Crippen LogP contribution in [0.5, 0.6) is 0 Å². The maximum Gasteiger partial charge on any atom is 0.223 e. The highest BCUT2D eigenvalue weighted by atomic mass is 16.5. The molecule has 0 radical (unpaired) electrons. The fourth-order valence-electron chi connectivity index (χ4n) is 3.72. The molecule has 2 saturated carbocycles. The normalized spacial score (nSPS) is 35.8. The molecule has 0 saturated heterocycles. The quantitative estimate of drug-likeness (QED) is 0.862. The first-order valence-corrected chi connectivity index (χ1v) is 8.01. The van der Waals surface area contributed by atoms with E-state index in [1.54, 1.807) is 14.2 Å². The molecule has 0 spiro atoms. The van der Waals surface area contributed by atoms with E-state index in [1.807, 2.05) is 0 Å². The van der Waals surface area contributed by atoms with Crippen molar-refractivity contribution in [3.05, 3.63) is 0 Å². The van der Waals surface area contributed by atoms with Crippen LogP contribution in [0.4, 0.5) is 0 Å². The highest BCUT2D eigenvalue weighted by Crippen LogP contribution is 2.30. The fourth-order valence-corrected chi connectivity index (χ4v) is 3.72. The lowest BCUT2D eigenvalue weighted by Crippen LogP contribution is -2.53. The Kier molecular flexibility index (Phi) is 5.85. The topological polar surface area (TPSA) is 47.6 Å². The van der Waals surface area contributed by atoms with Crippen molar-refractivity contribution >= 4 is 5.91 Å². The van der Waals surface area contributed by atoms with Crippen molar-refractivity contribution in [1.29, 1.82) is 0 Å². The van der Waals surface area contributed by atoms with Crippen LogP contribution in [0.25, 0.3) is 0 Å². The van der Waals surface area contributed by atoms with E-state index in [9.17, 15) is 4.79 Å². The van der Waals surface area contributed by atoms with E-state index in [0.717, 1.165) is 25.7 Å². The van der Waals surface area contributed by atoms with Crippen molar-refractivity contribution in [2.24, 2.45) is 11.8 Å². The zero-order valence-corrected chi connectivity index (χ0v) is 13.1. The molecule has 20 heavy (non-hydrogen) atoms. The third-order valence-corrected chi connectivity index (χ3v) is 5.08. The second kappa shape index (κ2) is 7.41. The minimum atomic E-state index is 0.0931. The molecule has 4 unspecified atom stereocenters. The van der Waals surface area contributed by atoms with Gasteiger partial charge in [-0.3, -0.25) is 4.79 Å². The van der Waals surface area contributed by atoms with Crippen LogP contribution >= 0.6 is 0 Å². The van der Waals surface area contributed by atoms with Crippen molar-refractivity contribution in [3.63, 3.8) is 0 Å². The van der Waals surface area contributed by atoms with Gasteiger partial charge in [-0.2, -0.15) is 0 Å². The second-order valence-corrected chi connectivity index (χ2v) is 6.45. The highest BCUT2D eigenvalue weighted by molar-refractivity contribution is 5.79. The minimum absolute atomic E-state index is 0.0931.